The van der Waals surface area contributed by atoms with Crippen LogP contribution in [0.1, 0.15) is 5.56 Å². The highest BCUT2D eigenvalue weighted by Gasteiger charge is 2.36. The van der Waals surface area contributed by atoms with E-state index in [2.05, 4.69) is 5.32 Å². The first-order valence-electron chi connectivity index (χ1n) is 10.2. The molecule has 170 valence electrons. The van der Waals surface area contributed by atoms with Crippen LogP contribution in [-0.2, 0) is 9.59 Å². The molecule has 0 spiro atoms. The largest absolute Gasteiger partial charge is 0.493 e. The number of imide groups is 1. The number of hydrogen-bond donors (Lipinski definition) is 1. The standard InChI is InChI=1S/C25H19N3O5S/c1-32-21-13-16(9-10-20(21)33-12-11-26)14-22-24(30)28(25(31)34-22)15-23(29)27-19-8-4-6-17-5-2-3-7-18(17)19/h2-10,13-14H,12,15H2,1H3,(H,27,29)/b22-14-. The molecule has 0 unspecified atom stereocenters. The van der Waals surface area contributed by atoms with Crippen LogP contribution in [0, 0.1) is 11.3 Å². The normalized spacial score (nSPS) is 14.4. The minimum atomic E-state index is -0.549. The van der Waals surface area contributed by atoms with Gasteiger partial charge in [0.2, 0.25) is 5.91 Å². The molecule has 0 radical (unpaired) electrons. The molecule has 1 fully saturated rings. The number of hydrogen-bond acceptors (Lipinski definition) is 7. The number of amides is 3. The molecule has 1 N–H and O–H groups in total. The SMILES string of the molecule is COc1cc(/C=C2\SC(=O)N(CC(=O)Nc3cccc4ccccc34)C2=O)ccc1OCC#N. The van der Waals surface area contributed by atoms with Crippen molar-refractivity contribution < 1.29 is 23.9 Å². The number of anilines is 1. The minimum absolute atomic E-state index is 0.130. The second kappa shape index (κ2) is 10.1. The molecule has 34 heavy (non-hydrogen) atoms. The maximum Gasteiger partial charge on any atom is 0.294 e. The highest BCUT2D eigenvalue weighted by Crippen LogP contribution is 2.34. The van der Waals surface area contributed by atoms with Crippen LogP contribution in [0.4, 0.5) is 10.5 Å². The average molecular weight is 474 g/mol. The Bertz CT molecular complexity index is 1360. The number of nitriles is 1. The van der Waals surface area contributed by atoms with Crippen molar-refractivity contribution in [1.82, 2.24) is 4.90 Å². The van der Waals surface area contributed by atoms with Crippen LogP contribution in [0.3, 0.4) is 0 Å². The van der Waals surface area contributed by atoms with E-state index in [1.165, 1.54) is 7.11 Å². The maximum absolute atomic E-state index is 12.8. The van der Waals surface area contributed by atoms with Crippen LogP contribution >= 0.6 is 11.8 Å². The molecule has 1 heterocycles. The third-order valence-electron chi connectivity index (χ3n) is 5.02. The predicted molar refractivity (Wildman–Crippen MR) is 129 cm³/mol. The zero-order chi connectivity index (χ0) is 24.1. The molecule has 0 atom stereocenters. The Morgan fingerprint density at radius 2 is 1.91 bits per heavy atom. The molecular formula is C25H19N3O5S. The van der Waals surface area contributed by atoms with Crippen molar-refractivity contribution in [2.75, 3.05) is 25.6 Å². The number of benzene rings is 3. The summed E-state index contributed by atoms with van der Waals surface area (Å²) in [4.78, 5) is 39.0. The van der Waals surface area contributed by atoms with Crippen LogP contribution in [-0.4, -0.2) is 42.2 Å². The van der Waals surface area contributed by atoms with E-state index in [-0.39, 0.29) is 11.5 Å². The van der Waals surface area contributed by atoms with Crippen molar-refractivity contribution >= 4 is 51.4 Å². The van der Waals surface area contributed by atoms with Crippen LogP contribution < -0.4 is 14.8 Å². The molecule has 1 aliphatic heterocycles. The van der Waals surface area contributed by atoms with Crippen molar-refractivity contribution in [1.29, 1.82) is 5.26 Å². The monoisotopic (exact) mass is 473 g/mol. The van der Waals surface area contributed by atoms with Crippen molar-refractivity contribution in [2.24, 2.45) is 0 Å². The van der Waals surface area contributed by atoms with E-state index in [1.807, 2.05) is 42.5 Å². The molecule has 0 aromatic heterocycles. The Hall–Kier alpha value is -4.29. The smallest absolute Gasteiger partial charge is 0.294 e. The summed E-state index contributed by atoms with van der Waals surface area (Å²) in [5, 5.41) is 12.8. The third kappa shape index (κ3) is 4.87. The molecule has 3 amide bonds. The number of carbonyl (C=O) groups excluding carboxylic acids is 3. The molecule has 3 aromatic rings. The first kappa shape index (κ1) is 22.9. The summed E-state index contributed by atoms with van der Waals surface area (Å²) in [5.74, 6) is -0.246. The van der Waals surface area contributed by atoms with Gasteiger partial charge in [0, 0.05) is 11.1 Å². The number of nitrogens with zero attached hydrogens (tertiary/aromatic N) is 2. The Kier molecular flexibility index (Phi) is 6.80. The van der Waals surface area contributed by atoms with E-state index in [4.69, 9.17) is 14.7 Å². The lowest BCUT2D eigenvalue weighted by Crippen LogP contribution is -2.36. The molecule has 1 saturated heterocycles. The van der Waals surface area contributed by atoms with Gasteiger partial charge in [0.1, 0.15) is 12.6 Å². The first-order valence-corrected chi connectivity index (χ1v) is 11.0. The lowest BCUT2D eigenvalue weighted by Gasteiger charge is -2.13. The van der Waals surface area contributed by atoms with Gasteiger partial charge in [-0.3, -0.25) is 19.3 Å². The van der Waals surface area contributed by atoms with Gasteiger partial charge in [-0.2, -0.15) is 5.26 Å². The number of nitrogens with one attached hydrogen (secondary N) is 1. The first-order chi connectivity index (χ1) is 16.5. The minimum Gasteiger partial charge on any atom is -0.493 e. The zero-order valence-corrected chi connectivity index (χ0v) is 18.9. The fourth-order valence-corrected chi connectivity index (χ4v) is 4.30. The van der Waals surface area contributed by atoms with Crippen LogP contribution in [0.15, 0.2) is 65.6 Å². The molecule has 4 rings (SSSR count). The summed E-state index contributed by atoms with van der Waals surface area (Å²) in [5.41, 5.74) is 1.21. The Balaban J connectivity index is 1.48. The van der Waals surface area contributed by atoms with Crippen LogP contribution in [0.25, 0.3) is 16.8 Å². The topological polar surface area (TPSA) is 109 Å². The van der Waals surface area contributed by atoms with Crippen LogP contribution in [0.2, 0.25) is 0 Å². The van der Waals surface area contributed by atoms with Crippen LogP contribution in [0.5, 0.6) is 11.5 Å². The average Bonchev–Trinajstić information content (AvgIpc) is 3.10. The van der Waals surface area contributed by atoms with Crippen molar-refractivity contribution in [3.05, 3.63) is 71.1 Å². The molecule has 0 saturated carbocycles. The van der Waals surface area contributed by atoms with Gasteiger partial charge in [0.15, 0.2) is 18.1 Å². The molecular weight excluding hydrogens is 454 g/mol. The van der Waals surface area contributed by atoms with Gasteiger partial charge in [-0.25, -0.2) is 0 Å². The quantitative estimate of drug-likeness (QED) is 0.506. The Morgan fingerprint density at radius 3 is 2.71 bits per heavy atom. The van der Waals surface area contributed by atoms with E-state index in [1.54, 1.807) is 30.3 Å². The summed E-state index contributed by atoms with van der Waals surface area (Å²) in [6.07, 6.45) is 1.55. The number of methoxy groups -OCH3 is 1. The number of thioether (sulfide) groups is 1. The van der Waals surface area contributed by atoms with Crippen molar-refractivity contribution in [3.63, 3.8) is 0 Å². The van der Waals surface area contributed by atoms with Gasteiger partial charge < -0.3 is 14.8 Å². The number of carbonyl (C=O) groups is 3. The van der Waals surface area contributed by atoms with Gasteiger partial charge >= 0.3 is 0 Å². The van der Waals surface area contributed by atoms with Gasteiger partial charge in [0.05, 0.1) is 12.0 Å². The Labute approximate surface area is 199 Å². The highest BCUT2D eigenvalue weighted by atomic mass is 32.2. The lowest BCUT2D eigenvalue weighted by atomic mass is 10.1. The maximum atomic E-state index is 12.8. The van der Waals surface area contributed by atoms with Gasteiger partial charge in [0.25, 0.3) is 11.1 Å². The van der Waals surface area contributed by atoms with Crippen molar-refractivity contribution in [2.45, 2.75) is 0 Å². The fourth-order valence-electron chi connectivity index (χ4n) is 3.46. The molecule has 9 heteroatoms. The molecule has 0 bridgehead atoms. The number of fused-ring (bicyclic) bond motifs is 1. The van der Waals surface area contributed by atoms with Gasteiger partial charge in [-0.1, -0.05) is 42.5 Å². The summed E-state index contributed by atoms with van der Waals surface area (Å²) < 4.78 is 10.6. The Morgan fingerprint density at radius 1 is 1.12 bits per heavy atom. The number of ether oxygens (including phenoxy) is 2. The summed E-state index contributed by atoms with van der Waals surface area (Å²) in [6.45, 7) is -0.523. The van der Waals surface area contributed by atoms with E-state index in [0.717, 1.165) is 27.4 Å². The van der Waals surface area contributed by atoms with E-state index in [0.29, 0.717) is 22.7 Å². The molecule has 0 aliphatic carbocycles. The fraction of sp³-hybridized carbons (Fsp3) is 0.120. The predicted octanol–water partition coefficient (Wildman–Crippen LogP) is 4.43. The zero-order valence-electron chi connectivity index (χ0n) is 18.1. The van der Waals surface area contributed by atoms with E-state index >= 15 is 0 Å². The number of rotatable bonds is 7. The van der Waals surface area contributed by atoms with Gasteiger partial charge in [-0.15, -0.1) is 0 Å². The molecule has 8 nitrogen and oxygen atoms in total. The third-order valence-corrected chi connectivity index (χ3v) is 5.92. The molecule has 3 aromatic carbocycles. The van der Waals surface area contributed by atoms with E-state index < -0.39 is 23.6 Å². The van der Waals surface area contributed by atoms with E-state index in [9.17, 15) is 14.4 Å². The molecule has 1 aliphatic rings. The highest BCUT2D eigenvalue weighted by molar-refractivity contribution is 8.18. The summed E-state index contributed by atoms with van der Waals surface area (Å²) in [7, 11) is 1.46. The summed E-state index contributed by atoms with van der Waals surface area (Å²) >= 11 is 0.762. The van der Waals surface area contributed by atoms with Crippen molar-refractivity contribution in [3.8, 4) is 17.6 Å². The van der Waals surface area contributed by atoms with Gasteiger partial charge in [-0.05, 0) is 47.0 Å². The summed E-state index contributed by atoms with van der Waals surface area (Å²) in [6, 6.07) is 19.9. The lowest BCUT2D eigenvalue weighted by molar-refractivity contribution is -0.127. The second-order valence-electron chi connectivity index (χ2n) is 7.20. The second-order valence-corrected chi connectivity index (χ2v) is 8.19.